The Morgan fingerprint density at radius 2 is 2.05 bits per heavy atom. The summed E-state index contributed by atoms with van der Waals surface area (Å²) < 4.78 is 54.1. The lowest BCUT2D eigenvalue weighted by Crippen LogP contribution is -2.33. The first kappa shape index (κ1) is 15.9. The number of hydrogen-bond acceptors (Lipinski definition) is 4. The van der Waals surface area contributed by atoms with Crippen LogP contribution >= 0.6 is 0 Å². The molecule has 4 nitrogen and oxygen atoms in total. The average molecular weight is 293 g/mol. The van der Waals surface area contributed by atoms with Crippen LogP contribution in [0.1, 0.15) is 12.5 Å². The van der Waals surface area contributed by atoms with Gasteiger partial charge in [0, 0.05) is 12.5 Å². The van der Waals surface area contributed by atoms with Gasteiger partial charge in [-0.2, -0.15) is 8.78 Å². The smallest absolute Gasteiger partial charge is 0.340 e. The van der Waals surface area contributed by atoms with Gasteiger partial charge in [-0.05, 0) is 12.1 Å². The molecule has 0 spiro atoms. The summed E-state index contributed by atoms with van der Waals surface area (Å²) in [7, 11) is 0. The number of oxime groups is 1. The number of ether oxygens (including phenoxy) is 1. The molecule has 0 atom stereocenters. The predicted molar refractivity (Wildman–Crippen MR) is 62.2 cm³/mol. The number of rotatable bonds is 6. The van der Waals surface area contributed by atoms with Gasteiger partial charge in [-0.15, -0.1) is 0 Å². The van der Waals surface area contributed by atoms with E-state index in [1.807, 2.05) is 0 Å². The highest BCUT2D eigenvalue weighted by atomic mass is 19.3. The van der Waals surface area contributed by atoms with Crippen LogP contribution < -0.4 is 4.74 Å². The summed E-state index contributed by atoms with van der Waals surface area (Å²) in [4.78, 5) is 14.8. The van der Waals surface area contributed by atoms with Crippen molar-refractivity contribution in [2.75, 3.05) is 6.61 Å². The minimum Gasteiger partial charge on any atom is -0.486 e. The molecule has 0 unspecified atom stereocenters. The van der Waals surface area contributed by atoms with Crippen LogP contribution in [0.3, 0.4) is 0 Å². The lowest BCUT2D eigenvalue weighted by molar-refractivity contribution is -0.148. The van der Waals surface area contributed by atoms with E-state index >= 15 is 0 Å². The minimum absolute atomic E-state index is 0.0799. The van der Waals surface area contributed by atoms with Gasteiger partial charge in [0.05, 0.1) is 6.21 Å². The summed E-state index contributed by atoms with van der Waals surface area (Å²) in [5.41, 5.74) is 0.207. The lowest BCUT2D eigenvalue weighted by atomic mass is 10.2. The molecule has 20 heavy (non-hydrogen) atoms. The van der Waals surface area contributed by atoms with E-state index in [1.165, 1.54) is 18.2 Å². The largest absolute Gasteiger partial charge is 0.486 e. The zero-order valence-corrected chi connectivity index (χ0v) is 10.4. The Bertz CT molecular complexity index is 491. The van der Waals surface area contributed by atoms with Crippen LogP contribution in [0, 0.1) is 0 Å². The van der Waals surface area contributed by atoms with Crippen molar-refractivity contribution in [1.82, 2.24) is 0 Å². The molecule has 0 bridgehead atoms. The quantitative estimate of drug-likeness (QED) is 0.351. The number of carbonyl (C=O) groups excluding carboxylic acids is 1. The van der Waals surface area contributed by atoms with Gasteiger partial charge in [-0.3, -0.25) is 0 Å². The number of carbonyl (C=O) groups is 1. The van der Waals surface area contributed by atoms with Crippen LogP contribution in [-0.4, -0.2) is 31.1 Å². The zero-order valence-electron chi connectivity index (χ0n) is 10.4. The summed E-state index contributed by atoms with van der Waals surface area (Å²) in [5, 5.41) is 3.29. The molecular formula is C12H11F4NO3. The van der Waals surface area contributed by atoms with E-state index in [2.05, 4.69) is 14.7 Å². The highest BCUT2D eigenvalue weighted by molar-refractivity contribution is 5.83. The highest BCUT2D eigenvalue weighted by Crippen LogP contribution is 2.25. The fourth-order valence-corrected chi connectivity index (χ4v) is 1.11. The standard InChI is InChI=1S/C12H11F4NO3/c1-8(18)20-17-6-9-4-2-3-5-10(9)19-7-12(15,16)11(13)14/h2-6,11H,7H2,1H3. The molecule has 0 aromatic heterocycles. The highest BCUT2D eigenvalue weighted by Gasteiger charge is 2.41. The van der Waals surface area contributed by atoms with Gasteiger partial charge in [0.2, 0.25) is 0 Å². The van der Waals surface area contributed by atoms with E-state index in [-0.39, 0.29) is 11.3 Å². The minimum atomic E-state index is -4.25. The number of hydrogen-bond donors (Lipinski definition) is 0. The molecule has 0 saturated carbocycles. The average Bonchev–Trinajstić information content (AvgIpc) is 2.37. The second-order valence-electron chi connectivity index (χ2n) is 3.71. The summed E-state index contributed by atoms with van der Waals surface area (Å²) in [6, 6.07) is 5.76. The van der Waals surface area contributed by atoms with Crippen molar-refractivity contribution in [2.45, 2.75) is 19.3 Å². The first-order valence-electron chi connectivity index (χ1n) is 5.41. The van der Waals surface area contributed by atoms with E-state index in [4.69, 9.17) is 0 Å². The molecule has 1 rings (SSSR count). The van der Waals surface area contributed by atoms with Gasteiger partial charge in [-0.1, -0.05) is 17.3 Å². The molecule has 0 amide bonds. The number of alkyl halides is 4. The molecule has 0 N–H and O–H groups in total. The Morgan fingerprint density at radius 3 is 2.65 bits per heavy atom. The fourth-order valence-electron chi connectivity index (χ4n) is 1.11. The van der Waals surface area contributed by atoms with Gasteiger partial charge in [-0.25, -0.2) is 13.6 Å². The second kappa shape index (κ2) is 6.88. The zero-order chi connectivity index (χ0) is 15.2. The van der Waals surface area contributed by atoms with Gasteiger partial charge < -0.3 is 9.57 Å². The monoisotopic (exact) mass is 293 g/mol. The van der Waals surface area contributed by atoms with Crippen molar-refractivity contribution in [3.63, 3.8) is 0 Å². The lowest BCUT2D eigenvalue weighted by Gasteiger charge is -2.16. The van der Waals surface area contributed by atoms with Crippen molar-refractivity contribution in [1.29, 1.82) is 0 Å². The van der Waals surface area contributed by atoms with Crippen LogP contribution in [0.25, 0.3) is 0 Å². The summed E-state index contributed by atoms with van der Waals surface area (Å²) in [6.07, 6.45) is -2.76. The molecule has 0 fully saturated rings. The molecule has 0 aliphatic rings. The topological polar surface area (TPSA) is 47.9 Å². The number of benzene rings is 1. The maximum absolute atomic E-state index is 12.7. The van der Waals surface area contributed by atoms with E-state index in [0.29, 0.717) is 0 Å². The Morgan fingerprint density at radius 1 is 1.40 bits per heavy atom. The van der Waals surface area contributed by atoms with E-state index in [9.17, 15) is 22.4 Å². The van der Waals surface area contributed by atoms with Gasteiger partial charge >= 0.3 is 18.3 Å². The third-order valence-electron chi connectivity index (χ3n) is 2.03. The molecule has 1 aromatic carbocycles. The van der Waals surface area contributed by atoms with E-state index in [0.717, 1.165) is 13.1 Å². The SMILES string of the molecule is CC(=O)ON=Cc1ccccc1OCC(F)(F)C(F)F. The predicted octanol–water partition coefficient (Wildman–Crippen LogP) is 2.86. The first-order valence-corrected chi connectivity index (χ1v) is 5.41. The Balaban J connectivity index is 2.76. The Hall–Kier alpha value is -2.12. The molecular weight excluding hydrogens is 282 g/mol. The summed E-state index contributed by atoms with van der Waals surface area (Å²) in [6.45, 7) is -0.341. The molecule has 1 aromatic rings. The third kappa shape index (κ3) is 4.87. The number of para-hydroxylation sites is 1. The summed E-state index contributed by atoms with van der Waals surface area (Å²) in [5.74, 6) is -4.99. The van der Waals surface area contributed by atoms with Crippen LogP contribution in [-0.2, 0) is 9.63 Å². The van der Waals surface area contributed by atoms with Crippen LogP contribution in [0.15, 0.2) is 29.4 Å². The second-order valence-corrected chi connectivity index (χ2v) is 3.71. The van der Waals surface area contributed by atoms with Crippen LogP contribution in [0.2, 0.25) is 0 Å². The maximum atomic E-state index is 12.7. The van der Waals surface area contributed by atoms with Crippen LogP contribution in [0.5, 0.6) is 5.75 Å². The fraction of sp³-hybridized carbons (Fsp3) is 0.333. The van der Waals surface area contributed by atoms with Gasteiger partial charge in [0.25, 0.3) is 0 Å². The molecule has 0 aliphatic carbocycles. The van der Waals surface area contributed by atoms with Crippen molar-refractivity contribution in [3.8, 4) is 5.75 Å². The molecule has 0 heterocycles. The third-order valence-corrected chi connectivity index (χ3v) is 2.03. The number of halogens is 4. The van der Waals surface area contributed by atoms with E-state index in [1.54, 1.807) is 6.07 Å². The first-order chi connectivity index (χ1) is 9.33. The molecule has 110 valence electrons. The summed E-state index contributed by atoms with van der Waals surface area (Å²) >= 11 is 0. The molecule has 0 radical (unpaired) electrons. The van der Waals surface area contributed by atoms with Crippen molar-refractivity contribution < 1.29 is 31.9 Å². The van der Waals surface area contributed by atoms with E-state index < -0.39 is 24.9 Å². The molecule has 8 heteroatoms. The van der Waals surface area contributed by atoms with Crippen molar-refractivity contribution in [2.24, 2.45) is 5.16 Å². The Kier molecular flexibility index (Phi) is 5.48. The molecule has 0 saturated heterocycles. The molecule has 0 aliphatic heterocycles. The number of nitrogens with zero attached hydrogens (tertiary/aromatic N) is 1. The van der Waals surface area contributed by atoms with Gasteiger partial charge in [0.15, 0.2) is 6.61 Å². The van der Waals surface area contributed by atoms with Gasteiger partial charge in [0.1, 0.15) is 5.75 Å². The van der Waals surface area contributed by atoms with Crippen LogP contribution in [0.4, 0.5) is 17.6 Å². The maximum Gasteiger partial charge on any atom is 0.340 e. The Labute approximate surface area is 112 Å². The van der Waals surface area contributed by atoms with Crippen molar-refractivity contribution >= 4 is 12.2 Å². The normalized spacial score (nSPS) is 11.9. The van der Waals surface area contributed by atoms with Crippen molar-refractivity contribution in [3.05, 3.63) is 29.8 Å².